The molecule has 0 bridgehead atoms. The Hall–Kier alpha value is -0.900. The average molecular weight is 290 g/mol. The first-order valence-corrected chi connectivity index (χ1v) is 8.15. The number of nitrogens with zero attached hydrogens (tertiary/aromatic N) is 1. The van der Waals surface area contributed by atoms with Crippen molar-refractivity contribution < 1.29 is 4.74 Å². The maximum atomic E-state index is 5.49. The van der Waals surface area contributed by atoms with Crippen molar-refractivity contribution in [3.05, 3.63) is 35.9 Å². The molecule has 21 heavy (non-hydrogen) atoms. The van der Waals surface area contributed by atoms with Crippen molar-refractivity contribution in [2.45, 2.75) is 45.4 Å². The number of rotatable bonds is 6. The first kappa shape index (κ1) is 16.5. The molecule has 0 amide bonds. The molecule has 0 aliphatic carbocycles. The van der Waals surface area contributed by atoms with E-state index in [9.17, 15) is 0 Å². The minimum Gasteiger partial charge on any atom is -0.380 e. The second kappa shape index (κ2) is 7.92. The summed E-state index contributed by atoms with van der Waals surface area (Å²) in [7, 11) is 1.80. The highest BCUT2D eigenvalue weighted by Gasteiger charge is 2.29. The predicted octanol–water partition coefficient (Wildman–Crippen LogP) is 3.08. The summed E-state index contributed by atoms with van der Waals surface area (Å²) in [4.78, 5) is 2.59. The van der Waals surface area contributed by atoms with Gasteiger partial charge in [0.25, 0.3) is 0 Å². The van der Waals surface area contributed by atoms with Crippen molar-refractivity contribution >= 4 is 0 Å². The van der Waals surface area contributed by atoms with Gasteiger partial charge in [0.05, 0.1) is 6.10 Å². The highest BCUT2D eigenvalue weighted by molar-refractivity contribution is 5.20. The Balaban J connectivity index is 2.08. The fourth-order valence-electron chi connectivity index (χ4n) is 3.22. The zero-order chi connectivity index (χ0) is 15.2. The molecule has 3 atom stereocenters. The predicted molar refractivity (Wildman–Crippen MR) is 88.5 cm³/mol. The molecule has 3 unspecified atom stereocenters. The van der Waals surface area contributed by atoms with Crippen LogP contribution in [0.25, 0.3) is 0 Å². The zero-order valence-corrected chi connectivity index (χ0v) is 13.9. The lowest BCUT2D eigenvalue weighted by atomic mass is 9.96. The Kier molecular flexibility index (Phi) is 6.22. The third-order valence-electron chi connectivity index (χ3n) is 4.33. The molecule has 1 aromatic rings. The van der Waals surface area contributed by atoms with Gasteiger partial charge in [0.1, 0.15) is 0 Å². The van der Waals surface area contributed by atoms with E-state index in [2.05, 4.69) is 61.3 Å². The zero-order valence-electron chi connectivity index (χ0n) is 13.9. The van der Waals surface area contributed by atoms with E-state index in [0.717, 1.165) is 25.6 Å². The molecule has 1 aliphatic heterocycles. The van der Waals surface area contributed by atoms with Crippen LogP contribution in [-0.2, 0) is 4.74 Å². The molecule has 1 aliphatic rings. The number of methoxy groups -OCH3 is 1. The van der Waals surface area contributed by atoms with E-state index in [0.29, 0.717) is 12.1 Å². The molecule has 1 N–H and O–H groups in total. The quantitative estimate of drug-likeness (QED) is 0.871. The first-order valence-electron chi connectivity index (χ1n) is 8.15. The van der Waals surface area contributed by atoms with Crippen LogP contribution in [-0.4, -0.2) is 43.8 Å². The second-order valence-corrected chi connectivity index (χ2v) is 6.66. The summed E-state index contributed by atoms with van der Waals surface area (Å²) in [5.41, 5.74) is 1.40. The van der Waals surface area contributed by atoms with Crippen LogP contribution in [0.3, 0.4) is 0 Å². The van der Waals surface area contributed by atoms with E-state index in [4.69, 9.17) is 4.74 Å². The van der Waals surface area contributed by atoms with E-state index in [1.165, 1.54) is 12.0 Å². The number of piperazine rings is 1. The molecule has 1 saturated heterocycles. The molecule has 1 fully saturated rings. The number of benzene rings is 1. The standard InChI is InChI=1S/C18H30N2O/c1-14(2)10-17-13-20(12-15(3)21-4)18(11-19-17)16-8-6-5-7-9-16/h5-9,14-15,17-19H,10-13H2,1-4H3. The summed E-state index contributed by atoms with van der Waals surface area (Å²) in [5, 5.41) is 3.74. The lowest BCUT2D eigenvalue weighted by Crippen LogP contribution is -2.54. The monoisotopic (exact) mass is 290 g/mol. The van der Waals surface area contributed by atoms with Crippen LogP contribution in [0.4, 0.5) is 0 Å². The van der Waals surface area contributed by atoms with Gasteiger partial charge in [-0.3, -0.25) is 4.90 Å². The maximum absolute atomic E-state index is 5.49. The van der Waals surface area contributed by atoms with Crippen LogP contribution in [0.2, 0.25) is 0 Å². The summed E-state index contributed by atoms with van der Waals surface area (Å²) in [6.45, 7) is 9.87. The van der Waals surface area contributed by atoms with E-state index in [1.54, 1.807) is 7.11 Å². The van der Waals surface area contributed by atoms with Crippen LogP contribution in [0.5, 0.6) is 0 Å². The molecule has 0 radical (unpaired) electrons. The Morgan fingerprint density at radius 2 is 1.95 bits per heavy atom. The number of hydrogen-bond donors (Lipinski definition) is 1. The number of nitrogens with one attached hydrogen (secondary N) is 1. The molecule has 1 heterocycles. The van der Waals surface area contributed by atoms with Crippen molar-refractivity contribution in [1.29, 1.82) is 0 Å². The number of ether oxygens (including phenoxy) is 1. The lowest BCUT2D eigenvalue weighted by molar-refractivity contribution is 0.0384. The van der Waals surface area contributed by atoms with Gasteiger partial charge in [-0.15, -0.1) is 0 Å². The van der Waals surface area contributed by atoms with Crippen LogP contribution in [0.1, 0.15) is 38.8 Å². The van der Waals surface area contributed by atoms with Gasteiger partial charge < -0.3 is 10.1 Å². The van der Waals surface area contributed by atoms with Gasteiger partial charge in [0, 0.05) is 38.8 Å². The van der Waals surface area contributed by atoms with Gasteiger partial charge in [-0.25, -0.2) is 0 Å². The Bertz CT molecular complexity index is 407. The largest absolute Gasteiger partial charge is 0.380 e. The van der Waals surface area contributed by atoms with E-state index < -0.39 is 0 Å². The first-order chi connectivity index (χ1) is 10.1. The minimum absolute atomic E-state index is 0.272. The molecule has 0 aromatic heterocycles. The Labute approximate surface area is 129 Å². The highest BCUT2D eigenvalue weighted by Crippen LogP contribution is 2.25. The van der Waals surface area contributed by atoms with E-state index >= 15 is 0 Å². The summed E-state index contributed by atoms with van der Waals surface area (Å²) < 4.78 is 5.49. The summed E-state index contributed by atoms with van der Waals surface area (Å²) >= 11 is 0. The van der Waals surface area contributed by atoms with E-state index in [-0.39, 0.29) is 6.10 Å². The molecule has 118 valence electrons. The van der Waals surface area contributed by atoms with Gasteiger partial charge >= 0.3 is 0 Å². The lowest BCUT2D eigenvalue weighted by Gasteiger charge is -2.42. The summed E-state index contributed by atoms with van der Waals surface area (Å²) in [5.74, 6) is 0.734. The van der Waals surface area contributed by atoms with Crippen LogP contribution >= 0.6 is 0 Å². The molecule has 0 spiro atoms. The fourth-order valence-corrected chi connectivity index (χ4v) is 3.22. The van der Waals surface area contributed by atoms with Crippen molar-refractivity contribution in [1.82, 2.24) is 10.2 Å². The summed E-state index contributed by atoms with van der Waals surface area (Å²) in [6.07, 6.45) is 1.51. The molecule has 3 nitrogen and oxygen atoms in total. The fraction of sp³-hybridized carbons (Fsp3) is 0.667. The SMILES string of the molecule is COC(C)CN1CC(CC(C)C)NCC1c1ccccc1. The molecule has 3 heteroatoms. The van der Waals surface area contributed by atoms with Gasteiger partial charge in [0.2, 0.25) is 0 Å². The summed E-state index contributed by atoms with van der Waals surface area (Å²) in [6, 6.07) is 11.9. The molecular formula is C18H30N2O. The maximum Gasteiger partial charge on any atom is 0.0670 e. The third-order valence-corrected chi connectivity index (χ3v) is 4.33. The van der Waals surface area contributed by atoms with Crippen LogP contribution < -0.4 is 5.32 Å². The van der Waals surface area contributed by atoms with Gasteiger partial charge in [-0.05, 0) is 24.8 Å². The van der Waals surface area contributed by atoms with Crippen LogP contribution in [0.15, 0.2) is 30.3 Å². The normalized spacial score (nSPS) is 25.2. The van der Waals surface area contributed by atoms with E-state index in [1.807, 2.05) is 0 Å². The van der Waals surface area contributed by atoms with Gasteiger partial charge in [0.15, 0.2) is 0 Å². The smallest absolute Gasteiger partial charge is 0.0670 e. The average Bonchev–Trinajstić information content (AvgIpc) is 2.47. The minimum atomic E-state index is 0.272. The Morgan fingerprint density at radius 1 is 1.24 bits per heavy atom. The van der Waals surface area contributed by atoms with Crippen molar-refractivity contribution in [3.63, 3.8) is 0 Å². The Morgan fingerprint density at radius 3 is 2.57 bits per heavy atom. The molecule has 0 saturated carbocycles. The molecule has 2 rings (SSSR count). The molecular weight excluding hydrogens is 260 g/mol. The van der Waals surface area contributed by atoms with Crippen LogP contribution in [0, 0.1) is 5.92 Å². The third kappa shape index (κ3) is 4.80. The second-order valence-electron chi connectivity index (χ2n) is 6.66. The highest BCUT2D eigenvalue weighted by atomic mass is 16.5. The van der Waals surface area contributed by atoms with Gasteiger partial charge in [-0.1, -0.05) is 44.2 Å². The number of hydrogen-bond acceptors (Lipinski definition) is 3. The topological polar surface area (TPSA) is 24.5 Å². The van der Waals surface area contributed by atoms with Crippen molar-refractivity contribution in [2.75, 3.05) is 26.7 Å². The van der Waals surface area contributed by atoms with Crippen molar-refractivity contribution in [3.8, 4) is 0 Å². The molecule has 1 aromatic carbocycles. The van der Waals surface area contributed by atoms with Gasteiger partial charge in [-0.2, -0.15) is 0 Å². The van der Waals surface area contributed by atoms with Crippen molar-refractivity contribution in [2.24, 2.45) is 5.92 Å².